The van der Waals surface area contributed by atoms with Gasteiger partial charge in [0.15, 0.2) is 0 Å². The van der Waals surface area contributed by atoms with Crippen molar-refractivity contribution in [2.24, 2.45) is 5.92 Å². The maximum Gasteiger partial charge on any atom is 0.132 e. The van der Waals surface area contributed by atoms with Crippen LogP contribution in [0.3, 0.4) is 0 Å². The molecule has 3 aromatic rings. The van der Waals surface area contributed by atoms with Gasteiger partial charge in [0.05, 0.1) is 6.54 Å². The summed E-state index contributed by atoms with van der Waals surface area (Å²) in [6.07, 6.45) is 5.74. The van der Waals surface area contributed by atoms with Crippen molar-refractivity contribution in [2.45, 2.75) is 33.2 Å². The minimum atomic E-state index is 0.661. The van der Waals surface area contributed by atoms with Gasteiger partial charge in [0, 0.05) is 37.9 Å². The Morgan fingerprint density at radius 3 is 2.30 bits per heavy atom. The monoisotopic (exact) mass is 407 g/mol. The molecule has 4 rings (SSSR count). The first-order valence-corrected chi connectivity index (χ1v) is 10.7. The number of likely N-dealkylation sites (N-methyl/N-ethyl adjacent to an activating group) is 1. The topological polar surface area (TPSA) is 63.0 Å². The van der Waals surface area contributed by atoms with Gasteiger partial charge < -0.3 is 9.80 Å². The molecule has 2 aromatic heterocycles. The molecule has 30 heavy (non-hydrogen) atoms. The number of hydrogen-bond donors (Lipinski definition) is 0. The fraction of sp³-hybridized carbons (Fsp3) is 0.478. The van der Waals surface area contributed by atoms with Crippen LogP contribution >= 0.6 is 0 Å². The summed E-state index contributed by atoms with van der Waals surface area (Å²) in [4.78, 5) is 15.1. The standard InChI is InChI=1S/C14H24N4.C9H9N3/c1-12(2)4-5-13-10-14(16-11-15-13)18-8-6-17(3)7-9-18;1-2-7-12-10-8-5-3-4-6-9(8)11-12/h10-12H,4-9H2,1-3H3;2-6H,1,7H2. The first kappa shape index (κ1) is 21.9. The normalized spacial score (nSPS) is 14.6. The Labute approximate surface area is 179 Å². The van der Waals surface area contributed by atoms with Crippen molar-refractivity contribution < 1.29 is 0 Å². The predicted octanol–water partition coefficient (Wildman–Crippen LogP) is 3.43. The molecule has 0 bridgehead atoms. The highest BCUT2D eigenvalue weighted by Crippen LogP contribution is 2.15. The van der Waals surface area contributed by atoms with E-state index in [1.54, 1.807) is 17.2 Å². The van der Waals surface area contributed by atoms with Crippen molar-refractivity contribution >= 4 is 16.9 Å². The van der Waals surface area contributed by atoms with E-state index in [1.807, 2.05) is 24.3 Å². The second kappa shape index (κ2) is 10.8. The molecule has 0 unspecified atom stereocenters. The van der Waals surface area contributed by atoms with E-state index >= 15 is 0 Å². The molecule has 7 nitrogen and oxygen atoms in total. The van der Waals surface area contributed by atoms with Crippen molar-refractivity contribution in [3.63, 3.8) is 0 Å². The van der Waals surface area contributed by atoms with Crippen LogP contribution in [0.5, 0.6) is 0 Å². The summed E-state index contributed by atoms with van der Waals surface area (Å²) in [5.74, 6) is 1.82. The fourth-order valence-electron chi connectivity index (χ4n) is 3.27. The van der Waals surface area contributed by atoms with Crippen molar-refractivity contribution in [3.8, 4) is 0 Å². The highest BCUT2D eigenvalue weighted by molar-refractivity contribution is 5.72. The predicted molar refractivity (Wildman–Crippen MR) is 123 cm³/mol. The van der Waals surface area contributed by atoms with E-state index in [0.29, 0.717) is 6.54 Å². The first-order valence-electron chi connectivity index (χ1n) is 10.7. The maximum absolute atomic E-state index is 4.41. The number of allylic oxidation sites excluding steroid dienone is 1. The van der Waals surface area contributed by atoms with Gasteiger partial charge in [0.2, 0.25) is 0 Å². The number of anilines is 1. The van der Waals surface area contributed by atoms with Crippen LogP contribution < -0.4 is 4.90 Å². The molecule has 0 saturated carbocycles. The largest absolute Gasteiger partial charge is 0.354 e. The Morgan fingerprint density at radius 1 is 1.03 bits per heavy atom. The van der Waals surface area contributed by atoms with Gasteiger partial charge in [0.1, 0.15) is 23.2 Å². The third kappa shape index (κ3) is 6.35. The van der Waals surface area contributed by atoms with Crippen LogP contribution in [0.4, 0.5) is 5.82 Å². The minimum absolute atomic E-state index is 0.661. The third-order valence-corrected chi connectivity index (χ3v) is 5.13. The third-order valence-electron chi connectivity index (χ3n) is 5.13. The van der Waals surface area contributed by atoms with E-state index in [0.717, 1.165) is 55.4 Å². The van der Waals surface area contributed by atoms with Crippen LogP contribution in [0.1, 0.15) is 26.0 Å². The SMILES string of the molecule is C=CCn1nc2ccccc2n1.CC(C)CCc1cc(N2CCN(C)CC2)ncn1. The number of aryl methyl sites for hydroxylation is 1. The molecule has 0 atom stereocenters. The lowest BCUT2D eigenvalue weighted by molar-refractivity contribution is 0.312. The number of aromatic nitrogens is 5. The molecule has 0 N–H and O–H groups in total. The molecule has 0 radical (unpaired) electrons. The number of fused-ring (bicyclic) bond motifs is 1. The first-order chi connectivity index (χ1) is 14.5. The van der Waals surface area contributed by atoms with Crippen LogP contribution in [0.15, 0.2) is 49.3 Å². The molecule has 0 spiro atoms. The fourth-order valence-corrected chi connectivity index (χ4v) is 3.27. The average molecular weight is 408 g/mol. The Hall–Kier alpha value is -2.80. The second-order valence-electron chi connectivity index (χ2n) is 8.12. The number of hydrogen-bond acceptors (Lipinski definition) is 6. The van der Waals surface area contributed by atoms with Gasteiger partial charge in [-0.3, -0.25) is 0 Å². The van der Waals surface area contributed by atoms with Crippen molar-refractivity contribution in [2.75, 3.05) is 38.1 Å². The van der Waals surface area contributed by atoms with Crippen LogP contribution in [0.2, 0.25) is 0 Å². The van der Waals surface area contributed by atoms with E-state index < -0.39 is 0 Å². The lowest BCUT2D eigenvalue weighted by Gasteiger charge is -2.33. The smallest absolute Gasteiger partial charge is 0.132 e. The van der Waals surface area contributed by atoms with E-state index in [-0.39, 0.29) is 0 Å². The summed E-state index contributed by atoms with van der Waals surface area (Å²) in [5, 5.41) is 8.47. The van der Waals surface area contributed by atoms with Gasteiger partial charge in [-0.1, -0.05) is 32.1 Å². The van der Waals surface area contributed by atoms with E-state index in [4.69, 9.17) is 0 Å². The van der Waals surface area contributed by atoms with Crippen LogP contribution in [-0.2, 0) is 13.0 Å². The van der Waals surface area contributed by atoms with Gasteiger partial charge in [-0.25, -0.2) is 9.97 Å². The summed E-state index contributed by atoms with van der Waals surface area (Å²) in [7, 11) is 2.17. The summed E-state index contributed by atoms with van der Waals surface area (Å²) < 4.78 is 0. The lowest BCUT2D eigenvalue weighted by atomic mass is 10.1. The molecule has 3 heterocycles. The molecule has 1 fully saturated rings. The van der Waals surface area contributed by atoms with E-state index in [9.17, 15) is 0 Å². The number of rotatable bonds is 6. The molecular formula is C23H33N7. The van der Waals surface area contributed by atoms with Crippen LogP contribution in [-0.4, -0.2) is 63.1 Å². The number of benzene rings is 1. The average Bonchev–Trinajstić information content (AvgIpc) is 3.16. The summed E-state index contributed by atoms with van der Waals surface area (Å²) in [6.45, 7) is 13.2. The van der Waals surface area contributed by atoms with Gasteiger partial charge in [-0.2, -0.15) is 15.0 Å². The van der Waals surface area contributed by atoms with Crippen molar-refractivity contribution in [1.29, 1.82) is 0 Å². The lowest BCUT2D eigenvalue weighted by Crippen LogP contribution is -2.44. The molecule has 1 aliphatic rings. The second-order valence-corrected chi connectivity index (χ2v) is 8.12. The molecule has 0 amide bonds. The minimum Gasteiger partial charge on any atom is -0.354 e. The zero-order valence-electron chi connectivity index (χ0n) is 18.4. The highest BCUT2D eigenvalue weighted by atomic mass is 15.5. The summed E-state index contributed by atoms with van der Waals surface area (Å²) >= 11 is 0. The van der Waals surface area contributed by atoms with Gasteiger partial charge in [0.25, 0.3) is 0 Å². The Morgan fingerprint density at radius 2 is 1.70 bits per heavy atom. The van der Waals surface area contributed by atoms with Crippen molar-refractivity contribution in [1.82, 2.24) is 29.9 Å². The number of nitrogens with zero attached hydrogens (tertiary/aromatic N) is 7. The maximum atomic E-state index is 4.41. The quantitative estimate of drug-likeness (QED) is 0.584. The zero-order valence-corrected chi connectivity index (χ0v) is 18.4. The molecule has 1 aromatic carbocycles. The Balaban J connectivity index is 0.000000184. The van der Waals surface area contributed by atoms with E-state index in [1.165, 1.54) is 12.1 Å². The van der Waals surface area contributed by atoms with Gasteiger partial charge >= 0.3 is 0 Å². The zero-order chi connectivity index (χ0) is 21.3. The number of piperazine rings is 1. The van der Waals surface area contributed by atoms with Crippen LogP contribution in [0, 0.1) is 5.92 Å². The molecule has 1 aliphatic heterocycles. The highest BCUT2D eigenvalue weighted by Gasteiger charge is 2.15. The Bertz CT molecular complexity index is 893. The molecule has 7 heteroatoms. The van der Waals surface area contributed by atoms with E-state index in [2.05, 4.69) is 63.5 Å². The molecule has 160 valence electrons. The van der Waals surface area contributed by atoms with Gasteiger partial charge in [-0.15, -0.1) is 6.58 Å². The summed E-state index contributed by atoms with van der Waals surface area (Å²) in [6, 6.07) is 9.96. The van der Waals surface area contributed by atoms with Crippen LogP contribution in [0.25, 0.3) is 11.0 Å². The van der Waals surface area contributed by atoms with Gasteiger partial charge in [-0.05, 0) is 37.9 Å². The summed E-state index contributed by atoms with van der Waals surface area (Å²) in [5.41, 5.74) is 3.03. The van der Waals surface area contributed by atoms with Crippen molar-refractivity contribution in [3.05, 3.63) is 55.0 Å². The Kier molecular flexibility index (Phi) is 7.90. The molecular weight excluding hydrogens is 374 g/mol. The molecule has 1 saturated heterocycles. The molecule has 0 aliphatic carbocycles.